The molecule has 0 rings (SSSR count). The van der Waals surface area contributed by atoms with Gasteiger partial charge in [-0.05, 0) is 78.1 Å². The highest BCUT2D eigenvalue weighted by Crippen LogP contribution is 2.46. The van der Waals surface area contributed by atoms with Crippen molar-refractivity contribution < 1.29 is 38.2 Å². The lowest BCUT2D eigenvalue weighted by molar-refractivity contribution is -0.141. The van der Waals surface area contributed by atoms with Gasteiger partial charge >= 0.3 is 11.9 Å². The molecule has 0 bridgehead atoms. The fourth-order valence-corrected chi connectivity index (χ4v) is 8.82. The quantitative estimate of drug-likeness (QED) is 0.0630. The van der Waals surface area contributed by atoms with Gasteiger partial charge in [-0.1, -0.05) is 103 Å². The van der Waals surface area contributed by atoms with E-state index in [1.54, 1.807) is 63.7 Å². The van der Waals surface area contributed by atoms with E-state index in [2.05, 4.69) is 10.6 Å². The minimum Gasteiger partial charge on any atom is -0.463 e. The van der Waals surface area contributed by atoms with Crippen molar-refractivity contribution in [3.63, 3.8) is 0 Å². The summed E-state index contributed by atoms with van der Waals surface area (Å²) in [5, 5.41) is 5.84. The number of likely N-dealkylation sites (N-methyl/N-ethyl adjacent to an activating group) is 2. The molecule has 4 amide bonds. The van der Waals surface area contributed by atoms with Crippen LogP contribution in [0, 0.1) is 22.7 Å². The van der Waals surface area contributed by atoms with E-state index >= 15 is 0 Å². The zero-order valence-electron chi connectivity index (χ0n) is 40.3. The normalized spacial score (nSPS) is 16.3. The first-order valence-corrected chi connectivity index (χ1v) is 23.0. The van der Waals surface area contributed by atoms with Crippen LogP contribution in [0.1, 0.15) is 125 Å². The molecule has 0 aliphatic rings. The molecule has 60 heavy (non-hydrogen) atoms. The Morgan fingerprint density at radius 3 is 1.07 bits per heavy atom. The topological polar surface area (TPSA) is 203 Å². The summed E-state index contributed by atoms with van der Waals surface area (Å²) in [7, 11) is 5.90. The van der Waals surface area contributed by atoms with Crippen LogP contribution in [0.2, 0.25) is 0 Å². The third kappa shape index (κ3) is 16.7. The number of ether oxygens (including phenoxy) is 2. The van der Waals surface area contributed by atoms with Crippen LogP contribution in [0.5, 0.6) is 0 Å². The summed E-state index contributed by atoms with van der Waals surface area (Å²) in [6.45, 7) is 33.3. The van der Waals surface area contributed by atoms with Crippen molar-refractivity contribution in [1.29, 1.82) is 0 Å². The number of esters is 2. The molecular weight excluding hydrogens is 805 g/mol. The maximum atomic E-state index is 14.1. The number of nitrogens with zero attached hydrogens (tertiary/aromatic N) is 2. The number of hydrogen-bond donors (Lipinski definition) is 4. The predicted octanol–water partition coefficient (Wildman–Crippen LogP) is 5.63. The van der Waals surface area contributed by atoms with E-state index in [0.717, 1.165) is 0 Å². The summed E-state index contributed by atoms with van der Waals surface area (Å²) in [4.78, 5) is 83.8. The van der Waals surface area contributed by atoms with E-state index in [0.29, 0.717) is 11.1 Å². The van der Waals surface area contributed by atoms with Crippen LogP contribution in [0.3, 0.4) is 0 Å². The maximum absolute atomic E-state index is 14.1. The molecule has 6 N–H and O–H groups in total. The van der Waals surface area contributed by atoms with E-state index in [1.165, 1.54) is 21.6 Å². The Kier molecular flexibility index (Phi) is 22.2. The highest BCUT2D eigenvalue weighted by Gasteiger charge is 2.44. The number of nitrogens with two attached hydrogens (primary N) is 2. The van der Waals surface area contributed by atoms with Gasteiger partial charge in [0, 0.05) is 34.7 Å². The van der Waals surface area contributed by atoms with Gasteiger partial charge in [-0.25, -0.2) is 9.59 Å². The molecule has 0 aromatic carbocycles. The van der Waals surface area contributed by atoms with E-state index in [1.807, 2.05) is 96.9 Å². The largest absolute Gasteiger partial charge is 0.463 e. The Bertz CT molecular complexity index is 1450. The van der Waals surface area contributed by atoms with Gasteiger partial charge in [-0.15, -0.1) is 0 Å². The zero-order chi connectivity index (χ0) is 47.5. The lowest BCUT2D eigenvalue weighted by Crippen LogP contribution is -2.61. The van der Waals surface area contributed by atoms with Gasteiger partial charge < -0.3 is 41.4 Å². The lowest BCUT2D eigenvalue weighted by Gasteiger charge is -2.40. The number of nitrogens with one attached hydrogen (secondary N) is 2. The second kappa shape index (κ2) is 23.4. The highest BCUT2D eigenvalue weighted by atomic mass is 33.1. The van der Waals surface area contributed by atoms with Crippen LogP contribution in [-0.2, 0) is 38.2 Å². The van der Waals surface area contributed by atoms with Gasteiger partial charge in [0.25, 0.3) is 0 Å². The Morgan fingerprint density at radius 2 is 0.850 bits per heavy atom. The molecule has 0 heterocycles. The molecule has 0 fully saturated rings. The van der Waals surface area contributed by atoms with E-state index < -0.39 is 80.3 Å². The number of hydrogen-bond acceptors (Lipinski definition) is 12. The second-order valence-corrected chi connectivity index (χ2v) is 22.9. The van der Waals surface area contributed by atoms with Gasteiger partial charge in [0.1, 0.15) is 12.1 Å². The molecule has 16 heteroatoms. The predicted molar refractivity (Wildman–Crippen MR) is 246 cm³/mol. The van der Waals surface area contributed by atoms with Gasteiger partial charge in [0.2, 0.25) is 23.6 Å². The van der Waals surface area contributed by atoms with Crippen molar-refractivity contribution in [2.45, 2.75) is 170 Å². The molecular formula is C44H80N6O8S2. The SMILES string of the molecule is CCOC(=O)/C(C)=C/C(C(C)C)N(C)C(=O)C(NC(=O)[C@@H](N)C(C)(C)SSC(C)(C)[C@H](N)C(=O)N[C@H](C(=O)N(C)[C@H](/C=C(\C)C(=O)OCC)C(C)C)C(C)(C)C)C(C)(C)C. The molecule has 14 nitrogen and oxygen atoms in total. The van der Waals surface area contributed by atoms with Crippen molar-refractivity contribution in [3.05, 3.63) is 23.3 Å². The minimum atomic E-state index is -1.08. The van der Waals surface area contributed by atoms with Crippen molar-refractivity contribution in [1.82, 2.24) is 20.4 Å². The molecule has 0 saturated carbocycles. The molecule has 0 aromatic rings. The number of carbonyl (C=O) groups is 6. The first-order valence-electron chi connectivity index (χ1n) is 20.8. The Balaban J connectivity index is 6.20. The molecule has 0 aliphatic heterocycles. The second-order valence-electron chi connectivity index (χ2n) is 19.5. The first-order chi connectivity index (χ1) is 27.1. The summed E-state index contributed by atoms with van der Waals surface area (Å²) in [6.07, 6.45) is 3.43. The van der Waals surface area contributed by atoms with Crippen molar-refractivity contribution in [2.75, 3.05) is 27.3 Å². The van der Waals surface area contributed by atoms with Crippen molar-refractivity contribution in [3.8, 4) is 0 Å². The van der Waals surface area contributed by atoms with E-state index in [9.17, 15) is 28.8 Å². The summed E-state index contributed by atoms with van der Waals surface area (Å²) in [6, 6.07) is -4.98. The minimum absolute atomic E-state index is 0.0553. The molecule has 346 valence electrons. The Hall–Kier alpha value is -3.08. The fourth-order valence-electron chi connectivity index (χ4n) is 6.05. The number of rotatable bonds is 21. The Morgan fingerprint density at radius 1 is 0.583 bits per heavy atom. The molecule has 0 spiro atoms. The molecule has 0 saturated heterocycles. The summed E-state index contributed by atoms with van der Waals surface area (Å²) in [5.74, 6) is -2.77. The van der Waals surface area contributed by atoms with Gasteiger partial charge in [0.05, 0.1) is 37.4 Å². The van der Waals surface area contributed by atoms with E-state index in [-0.39, 0.29) is 36.9 Å². The Labute approximate surface area is 369 Å². The van der Waals surface area contributed by atoms with Crippen LogP contribution >= 0.6 is 21.6 Å². The standard InChI is InChI=1S/C44H80N6O8S2/c1-21-57-39(55)27(7)23-29(25(3)4)49(19)37(53)33(41(9,10)11)47-35(51)31(45)43(15,16)59-60-44(17,18)32(46)36(52)48-34(42(12,13)14)38(54)50(20)30(26(5)6)24-28(8)40(56)58-22-2/h23-26,29-34H,21-22,45-46H2,1-20H3,(H,47,51)(H,48,52)/b27-23+,28-24+/t29-,30?,31-,32-,33-,34?/m1/s1. The monoisotopic (exact) mass is 885 g/mol. The zero-order valence-corrected chi connectivity index (χ0v) is 42.0. The number of amides is 4. The molecule has 0 aliphatic carbocycles. The first kappa shape index (κ1) is 56.9. The number of carbonyl (C=O) groups excluding carboxylic acids is 6. The summed E-state index contributed by atoms with van der Waals surface area (Å²) < 4.78 is 8.46. The highest BCUT2D eigenvalue weighted by molar-refractivity contribution is 8.77. The van der Waals surface area contributed by atoms with Crippen molar-refractivity contribution >= 4 is 57.2 Å². The van der Waals surface area contributed by atoms with E-state index in [4.69, 9.17) is 20.9 Å². The van der Waals surface area contributed by atoms with Crippen LogP contribution in [0.25, 0.3) is 0 Å². The molecule has 0 radical (unpaired) electrons. The van der Waals surface area contributed by atoms with Crippen LogP contribution in [0.4, 0.5) is 0 Å². The summed E-state index contributed by atoms with van der Waals surface area (Å²) in [5.41, 5.74) is 12.6. The molecule has 6 atom stereocenters. The molecule has 2 unspecified atom stereocenters. The third-order valence-electron chi connectivity index (χ3n) is 10.3. The maximum Gasteiger partial charge on any atom is 0.333 e. The van der Waals surface area contributed by atoms with Gasteiger partial charge in [-0.2, -0.15) is 0 Å². The van der Waals surface area contributed by atoms with Gasteiger partial charge in [0.15, 0.2) is 0 Å². The fraction of sp³-hybridized carbons (Fsp3) is 0.773. The third-order valence-corrected chi connectivity index (χ3v) is 14.6. The molecule has 0 aromatic heterocycles. The lowest BCUT2D eigenvalue weighted by atomic mass is 9.84. The average Bonchev–Trinajstić information content (AvgIpc) is 3.13. The van der Waals surface area contributed by atoms with Crippen LogP contribution in [0.15, 0.2) is 23.3 Å². The van der Waals surface area contributed by atoms with Crippen LogP contribution < -0.4 is 22.1 Å². The van der Waals surface area contributed by atoms with Gasteiger partial charge in [-0.3, -0.25) is 19.2 Å². The van der Waals surface area contributed by atoms with Crippen molar-refractivity contribution in [2.24, 2.45) is 34.1 Å². The average molecular weight is 885 g/mol. The smallest absolute Gasteiger partial charge is 0.333 e. The summed E-state index contributed by atoms with van der Waals surface area (Å²) >= 11 is 0. The van der Waals surface area contributed by atoms with Crippen LogP contribution in [-0.4, -0.2) is 118 Å².